The first kappa shape index (κ1) is 27.5. The number of carbonyl (C=O) groups is 2. The smallest absolute Gasteiger partial charge is 0.280 e. The summed E-state index contributed by atoms with van der Waals surface area (Å²) in [6, 6.07) is 3.92. The second-order valence-electron chi connectivity index (χ2n) is 11.6. The van der Waals surface area contributed by atoms with Gasteiger partial charge in [-0.3, -0.25) is 14.5 Å². The summed E-state index contributed by atoms with van der Waals surface area (Å²) in [7, 11) is 0. The van der Waals surface area contributed by atoms with Crippen molar-refractivity contribution in [3.05, 3.63) is 53.5 Å². The Morgan fingerprint density at radius 1 is 1.27 bits per heavy atom. The topological polar surface area (TPSA) is 106 Å². The number of hydrogen-bond acceptors (Lipinski definition) is 7. The lowest BCUT2D eigenvalue weighted by atomic mass is 9.95. The van der Waals surface area contributed by atoms with Crippen LogP contribution in [0.2, 0.25) is 0 Å². The summed E-state index contributed by atoms with van der Waals surface area (Å²) in [6.45, 7) is 3.42. The van der Waals surface area contributed by atoms with Crippen LogP contribution in [-0.4, -0.2) is 97.8 Å². The van der Waals surface area contributed by atoms with Gasteiger partial charge in [-0.05, 0) is 63.5 Å². The molecule has 0 aliphatic carbocycles. The van der Waals surface area contributed by atoms with Crippen molar-refractivity contribution in [3.63, 3.8) is 0 Å². The standard InChI is InChI=1S/C28H32F3N7O3/c1-27(2,41)22(29)15-37-14-17-11-20(34-25(39)19-13-33-38-9-3-6-32-24(19)38)21(12-18(17)26(37)40)36-10-5-23(28(30,31)16-36)35-7-4-8-35/h3,6,9,11-13,22-23,41H,4-5,7-8,10,14-16H2,1-2H3,(H,34,39)/t22-,23+/m1/s1. The van der Waals surface area contributed by atoms with Crippen LogP contribution in [0.3, 0.4) is 0 Å². The highest BCUT2D eigenvalue weighted by Crippen LogP contribution is 2.40. The SMILES string of the molecule is CC(C)(O)[C@H](F)CN1Cc2cc(NC(=O)c3cnn4cccnc34)c(N3CC[C@H](N4CCC4)C(F)(F)C3)cc2C1=O. The highest BCUT2D eigenvalue weighted by atomic mass is 19.3. The summed E-state index contributed by atoms with van der Waals surface area (Å²) in [4.78, 5) is 35.5. The number of amides is 2. The molecule has 2 fully saturated rings. The molecule has 218 valence electrons. The van der Waals surface area contributed by atoms with Crippen molar-refractivity contribution in [2.75, 3.05) is 42.9 Å². The predicted octanol–water partition coefficient (Wildman–Crippen LogP) is 2.97. The minimum absolute atomic E-state index is 0.0548. The zero-order valence-corrected chi connectivity index (χ0v) is 22.9. The normalized spacial score (nSPS) is 21.6. The number of halogens is 3. The second-order valence-corrected chi connectivity index (χ2v) is 11.6. The molecule has 6 rings (SSSR count). The predicted molar refractivity (Wildman–Crippen MR) is 145 cm³/mol. The fourth-order valence-corrected chi connectivity index (χ4v) is 5.75. The first-order valence-electron chi connectivity index (χ1n) is 13.7. The van der Waals surface area contributed by atoms with Crippen LogP contribution in [-0.2, 0) is 6.54 Å². The Balaban J connectivity index is 1.33. The van der Waals surface area contributed by atoms with Crippen molar-refractivity contribution in [2.45, 2.75) is 57.0 Å². The summed E-state index contributed by atoms with van der Waals surface area (Å²) in [5.41, 5.74) is 0.213. The number of alkyl halides is 3. The largest absolute Gasteiger partial charge is 0.387 e. The van der Waals surface area contributed by atoms with E-state index in [4.69, 9.17) is 0 Å². The number of anilines is 2. The lowest BCUT2D eigenvalue weighted by Gasteiger charge is -2.47. The molecule has 2 atom stereocenters. The Kier molecular flexibility index (Phi) is 6.68. The van der Waals surface area contributed by atoms with Crippen molar-refractivity contribution in [3.8, 4) is 0 Å². The van der Waals surface area contributed by atoms with E-state index in [1.165, 1.54) is 46.6 Å². The molecule has 0 saturated carbocycles. The van der Waals surface area contributed by atoms with Crippen LogP contribution in [0.25, 0.3) is 5.65 Å². The third-order valence-corrected chi connectivity index (χ3v) is 8.25. The van der Waals surface area contributed by atoms with E-state index in [2.05, 4.69) is 15.4 Å². The van der Waals surface area contributed by atoms with Crippen molar-refractivity contribution in [1.29, 1.82) is 0 Å². The van der Waals surface area contributed by atoms with Gasteiger partial charge >= 0.3 is 0 Å². The molecular weight excluding hydrogens is 539 g/mol. The monoisotopic (exact) mass is 571 g/mol. The number of aromatic nitrogens is 3. The number of nitrogens with zero attached hydrogens (tertiary/aromatic N) is 6. The molecular formula is C28H32F3N7O3. The van der Waals surface area contributed by atoms with E-state index in [9.17, 15) is 19.1 Å². The Labute approximate surface area is 234 Å². The van der Waals surface area contributed by atoms with Gasteiger partial charge in [-0.25, -0.2) is 22.7 Å². The van der Waals surface area contributed by atoms with Gasteiger partial charge in [0.1, 0.15) is 11.7 Å². The van der Waals surface area contributed by atoms with Crippen LogP contribution in [0.15, 0.2) is 36.8 Å². The van der Waals surface area contributed by atoms with Crippen molar-refractivity contribution in [1.82, 2.24) is 24.4 Å². The number of piperidine rings is 1. The van der Waals surface area contributed by atoms with E-state index >= 15 is 8.78 Å². The summed E-state index contributed by atoms with van der Waals surface area (Å²) >= 11 is 0. The minimum atomic E-state index is -3.00. The highest BCUT2D eigenvalue weighted by Gasteiger charge is 2.49. The quantitative estimate of drug-likeness (QED) is 0.449. The average Bonchev–Trinajstić information content (AvgIpc) is 3.44. The van der Waals surface area contributed by atoms with Gasteiger partial charge in [-0.2, -0.15) is 5.10 Å². The summed E-state index contributed by atoms with van der Waals surface area (Å²) in [5.74, 6) is -4.00. The molecule has 10 nitrogen and oxygen atoms in total. The maximum Gasteiger partial charge on any atom is 0.280 e. The van der Waals surface area contributed by atoms with E-state index in [1.807, 2.05) is 0 Å². The summed E-state index contributed by atoms with van der Waals surface area (Å²) in [6.07, 6.45) is 4.00. The number of rotatable bonds is 7. The molecule has 0 radical (unpaired) electrons. The van der Waals surface area contributed by atoms with Crippen molar-refractivity contribution < 1.29 is 27.9 Å². The fourth-order valence-electron chi connectivity index (χ4n) is 5.75. The lowest BCUT2D eigenvalue weighted by molar-refractivity contribution is -0.104. The molecule has 0 spiro atoms. The number of likely N-dealkylation sites (tertiary alicyclic amines) is 1. The van der Waals surface area contributed by atoms with Crippen molar-refractivity contribution in [2.24, 2.45) is 0 Å². The molecule has 0 unspecified atom stereocenters. The maximum absolute atomic E-state index is 15.4. The maximum atomic E-state index is 15.4. The van der Waals surface area contributed by atoms with Gasteiger partial charge in [0.05, 0.1) is 42.3 Å². The van der Waals surface area contributed by atoms with Crippen LogP contribution in [0.1, 0.15) is 53.0 Å². The molecule has 1 aromatic carbocycles. The van der Waals surface area contributed by atoms with Gasteiger partial charge in [0, 0.05) is 31.0 Å². The number of fused-ring (bicyclic) bond motifs is 2. The molecule has 2 saturated heterocycles. The zero-order chi connectivity index (χ0) is 29.1. The van der Waals surface area contributed by atoms with Gasteiger partial charge in [0.25, 0.3) is 17.7 Å². The Morgan fingerprint density at radius 3 is 2.73 bits per heavy atom. The summed E-state index contributed by atoms with van der Waals surface area (Å²) in [5, 5.41) is 17.0. The van der Waals surface area contributed by atoms with Crippen LogP contribution in [0.5, 0.6) is 0 Å². The van der Waals surface area contributed by atoms with Crippen LogP contribution >= 0.6 is 0 Å². The van der Waals surface area contributed by atoms with Crippen LogP contribution in [0, 0.1) is 0 Å². The molecule has 3 aromatic rings. The van der Waals surface area contributed by atoms with Gasteiger partial charge < -0.3 is 20.2 Å². The Hall–Kier alpha value is -3.71. The zero-order valence-electron chi connectivity index (χ0n) is 22.9. The number of benzene rings is 1. The molecule has 13 heteroatoms. The number of nitrogens with one attached hydrogen (secondary N) is 1. The Bertz CT molecular complexity index is 1500. The molecule has 41 heavy (non-hydrogen) atoms. The third kappa shape index (κ3) is 5.01. The van der Waals surface area contributed by atoms with Crippen LogP contribution in [0.4, 0.5) is 24.5 Å². The molecule has 2 amide bonds. The number of carbonyl (C=O) groups excluding carboxylic acids is 2. The molecule has 2 aromatic heterocycles. The molecule has 3 aliphatic rings. The fraction of sp³-hybridized carbons (Fsp3) is 0.500. The second kappa shape index (κ2) is 9.98. The molecule has 5 heterocycles. The van der Waals surface area contributed by atoms with E-state index in [0.29, 0.717) is 30.8 Å². The number of aliphatic hydroxyl groups is 1. The first-order chi connectivity index (χ1) is 19.4. The third-order valence-electron chi connectivity index (χ3n) is 8.25. The number of hydrogen-bond donors (Lipinski definition) is 2. The van der Waals surface area contributed by atoms with Gasteiger partial charge in [0.15, 0.2) is 5.65 Å². The first-order valence-corrected chi connectivity index (χ1v) is 13.7. The summed E-state index contributed by atoms with van der Waals surface area (Å²) < 4.78 is 46.9. The Morgan fingerprint density at radius 2 is 2.05 bits per heavy atom. The van der Waals surface area contributed by atoms with E-state index in [0.717, 1.165) is 6.42 Å². The minimum Gasteiger partial charge on any atom is -0.387 e. The van der Waals surface area contributed by atoms with E-state index in [1.54, 1.807) is 23.2 Å². The van der Waals surface area contributed by atoms with E-state index < -0.39 is 42.1 Å². The molecule has 3 aliphatic heterocycles. The molecule has 2 N–H and O–H groups in total. The average molecular weight is 572 g/mol. The highest BCUT2D eigenvalue weighted by molar-refractivity contribution is 6.10. The van der Waals surface area contributed by atoms with E-state index in [-0.39, 0.29) is 42.0 Å². The lowest BCUT2D eigenvalue weighted by Crippen LogP contribution is -2.61. The molecule has 0 bridgehead atoms. The van der Waals surface area contributed by atoms with Crippen molar-refractivity contribution >= 4 is 28.8 Å². The van der Waals surface area contributed by atoms with Gasteiger partial charge in [-0.1, -0.05) is 0 Å². The van der Waals surface area contributed by atoms with Crippen LogP contribution < -0.4 is 10.2 Å². The van der Waals surface area contributed by atoms with Gasteiger partial charge in [0.2, 0.25) is 0 Å². The van der Waals surface area contributed by atoms with Gasteiger partial charge in [-0.15, -0.1) is 0 Å².